The van der Waals surface area contributed by atoms with Crippen molar-refractivity contribution in [2.45, 2.75) is 20.1 Å². The molecule has 0 bridgehead atoms. The van der Waals surface area contributed by atoms with E-state index in [9.17, 15) is 9.18 Å². The Kier molecular flexibility index (Phi) is 8.87. The van der Waals surface area contributed by atoms with Gasteiger partial charge in [-0.15, -0.1) is 0 Å². The lowest BCUT2D eigenvalue weighted by Gasteiger charge is -2.16. The van der Waals surface area contributed by atoms with Gasteiger partial charge in [0.2, 0.25) is 11.5 Å². The first-order chi connectivity index (χ1) is 15.9. The van der Waals surface area contributed by atoms with Gasteiger partial charge in [-0.3, -0.25) is 4.79 Å². The van der Waals surface area contributed by atoms with E-state index in [1.54, 1.807) is 6.07 Å². The van der Waals surface area contributed by atoms with E-state index in [2.05, 4.69) is 41.5 Å². The Balaban J connectivity index is 1.57. The molecule has 4 N–H and O–H groups in total. The van der Waals surface area contributed by atoms with Crippen molar-refractivity contribution in [2.75, 3.05) is 25.4 Å². The Hall–Kier alpha value is -2.89. The maximum Gasteiger partial charge on any atom is 0.277 e. The van der Waals surface area contributed by atoms with Crippen LogP contribution in [0.15, 0.2) is 39.4 Å². The van der Waals surface area contributed by atoms with Crippen molar-refractivity contribution in [3.63, 3.8) is 0 Å². The van der Waals surface area contributed by atoms with Gasteiger partial charge in [-0.25, -0.2) is 9.02 Å². The molecule has 9 nitrogen and oxygen atoms in total. The monoisotopic (exact) mass is 541 g/mol. The van der Waals surface area contributed by atoms with Crippen LogP contribution in [-0.4, -0.2) is 35.9 Å². The molecule has 176 valence electrons. The molecule has 3 rings (SSSR count). The largest absolute Gasteiger partial charge is 0.490 e. The highest BCUT2D eigenvalue weighted by Crippen LogP contribution is 2.38. The standard InChI is InChI=1S/C21H22BrClFN5O4/c1-2-31-17-9-12(10-26-6-7-27-21(30)18-20(25)29-33-28-18)8-14(22)19(17)32-11-13-15(23)4-3-5-16(13)24/h3-5,8-9,26H,2,6-7,10-11H2,1H3,(H2,25,29)(H,27,30). The lowest BCUT2D eigenvalue weighted by molar-refractivity contribution is 0.0944. The van der Waals surface area contributed by atoms with Crippen LogP contribution in [0.25, 0.3) is 0 Å². The van der Waals surface area contributed by atoms with Crippen molar-refractivity contribution in [2.24, 2.45) is 0 Å². The predicted molar refractivity (Wildman–Crippen MR) is 124 cm³/mol. The lowest BCUT2D eigenvalue weighted by Crippen LogP contribution is -2.32. The van der Waals surface area contributed by atoms with Crippen LogP contribution in [0.1, 0.15) is 28.5 Å². The van der Waals surface area contributed by atoms with Crippen molar-refractivity contribution < 1.29 is 23.3 Å². The number of amides is 1. The zero-order valence-electron chi connectivity index (χ0n) is 17.7. The molecule has 1 amide bonds. The number of hydrogen-bond acceptors (Lipinski definition) is 8. The Morgan fingerprint density at radius 1 is 1.27 bits per heavy atom. The molecule has 33 heavy (non-hydrogen) atoms. The molecule has 0 aliphatic heterocycles. The summed E-state index contributed by atoms with van der Waals surface area (Å²) in [6.07, 6.45) is 0. The first-order valence-corrected chi connectivity index (χ1v) is 11.2. The van der Waals surface area contributed by atoms with Gasteiger partial charge in [0, 0.05) is 25.2 Å². The number of aromatic nitrogens is 2. The molecule has 0 unspecified atom stereocenters. The number of nitrogen functional groups attached to an aromatic ring is 1. The molecule has 1 heterocycles. The minimum Gasteiger partial charge on any atom is -0.490 e. The fraction of sp³-hybridized carbons (Fsp3) is 0.286. The summed E-state index contributed by atoms with van der Waals surface area (Å²) >= 11 is 9.58. The summed E-state index contributed by atoms with van der Waals surface area (Å²) in [6, 6.07) is 8.18. The third-order valence-corrected chi connectivity index (χ3v) is 5.38. The molecule has 0 atom stereocenters. The summed E-state index contributed by atoms with van der Waals surface area (Å²) in [5.74, 6) is -0.00170. The van der Waals surface area contributed by atoms with E-state index in [-0.39, 0.29) is 23.7 Å². The minimum absolute atomic E-state index is 0.0486. The molecule has 2 aromatic carbocycles. The molecule has 0 saturated heterocycles. The average molecular weight is 543 g/mol. The van der Waals surface area contributed by atoms with Crippen molar-refractivity contribution in [3.05, 3.63) is 62.5 Å². The molecular weight excluding hydrogens is 521 g/mol. The number of hydrogen-bond donors (Lipinski definition) is 3. The van der Waals surface area contributed by atoms with Gasteiger partial charge in [0.1, 0.15) is 12.4 Å². The first-order valence-electron chi connectivity index (χ1n) is 9.98. The van der Waals surface area contributed by atoms with E-state index in [0.717, 1.165) is 5.56 Å². The van der Waals surface area contributed by atoms with Crippen molar-refractivity contribution >= 4 is 39.3 Å². The summed E-state index contributed by atoms with van der Waals surface area (Å²) < 4.78 is 30.7. The van der Waals surface area contributed by atoms with Gasteiger partial charge in [0.15, 0.2) is 11.5 Å². The average Bonchev–Trinajstić information content (AvgIpc) is 3.20. The van der Waals surface area contributed by atoms with Crippen molar-refractivity contribution in [1.29, 1.82) is 0 Å². The summed E-state index contributed by atoms with van der Waals surface area (Å²) in [6.45, 7) is 3.56. The minimum atomic E-state index is -0.464. The third-order valence-electron chi connectivity index (χ3n) is 4.44. The summed E-state index contributed by atoms with van der Waals surface area (Å²) in [7, 11) is 0. The molecule has 3 aromatic rings. The maximum absolute atomic E-state index is 14.1. The van der Waals surface area contributed by atoms with Gasteiger partial charge >= 0.3 is 0 Å². The summed E-state index contributed by atoms with van der Waals surface area (Å²) in [4.78, 5) is 11.9. The highest BCUT2D eigenvalue weighted by molar-refractivity contribution is 9.10. The second-order valence-corrected chi connectivity index (χ2v) is 8.02. The summed E-state index contributed by atoms with van der Waals surface area (Å²) in [5, 5.41) is 13.0. The van der Waals surface area contributed by atoms with Gasteiger partial charge in [-0.2, -0.15) is 0 Å². The third kappa shape index (κ3) is 6.56. The van der Waals surface area contributed by atoms with Crippen molar-refractivity contribution in [1.82, 2.24) is 20.9 Å². The highest BCUT2D eigenvalue weighted by Gasteiger charge is 2.16. The zero-order chi connectivity index (χ0) is 23.8. The highest BCUT2D eigenvalue weighted by atomic mass is 79.9. The molecule has 0 radical (unpaired) electrons. The molecule has 0 aliphatic rings. The van der Waals surface area contributed by atoms with Gasteiger partial charge in [0.05, 0.1) is 16.1 Å². The Bertz CT molecular complexity index is 1090. The molecule has 0 saturated carbocycles. The lowest BCUT2D eigenvalue weighted by atomic mass is 10.2. The SMILES string of the molecule is CCOc1cc(CNCCNC(=O)c2nonc2N)cc(Br)c1OCc1c(F)cccc1Cl. The molecule has 0 aliphatic carbocycles. The second-order valence-electron chi connectivity index (χ2n) is 6.76. The van der Waals surface area contributed by atoms with Crippen LogP contribution in [-0.2, 0) is 13.2 Å². The number of nitrogens with zero attached hydrogens (tertiary/aromatic N) is 2. The number of halogens is 3. The molecule has 1 aromatic heterocycles. The number of carbonyl (C=O) groups excluding carboxylic acids is 1. The van der Waals surface area contributed by atoms with Gasteiger partial charge in [0.25, 0.3) is 5.91 Å². The van der Waals surface area contributed by atoms with Gasteiger partial charge < -0.3 is 25.8 Å². The van der Waals surface area contributed by atoms with E-state index in [4.69, 9.17) is 26.8 Å². The molecule has 12 heteroatoms. The predicted octanol–water partition coefficient (Wildman–Crippen LogP) is 3.70. The van der Waals surface area contributed by atoms with E-state index in [1.165, 1.54) is 12.1 Å². The number of nitrogens with two attached hydrogens (primary N) is 1. The maximum atomic E-state index is 14.1. The summed E-state index contributed by atoms with van der Waals surface area (Å²) in [5.41, 5.74) is 6.62. The van der Waals surface area contributed by atoms with Crippen LogP contribution in [0.4, 0.5) is 10.2 Å². The van der Waals surface area contributed by atoms with Crippen molar-refractivity contribution in [3.8, 4) is 11.5 Å². The van der Waals surface area contributed by atoms with Crippen LogP contribution in [0.2, 0.25) is 5.02 Å². The van der Waals surface area contributed by atoms with E-state index in [1.807, 2.05) is 19.1 Å². The number of carbonyl (C=O) groups is 1. The van der Waals surface area contributed by atoms with E-state index >= 15 is 0 Å². The van der Waals surface area contributed by atoms with Gasteiger partial charge in [-0.1, -0.05) is 17.7 Å². The Labute approximate surface area is 202 Å². The normalized spacial score (nSPS) is 10.8. The number of nitrogens with one attached hydrogen (secondary N) is 2. The van der Waals surface area contributed by atoms with Crippen LogP contribution >= 0.6 is 27.5 Å². The van der Waals surface area contributed by atoms with Crippen LogP contribution in [0.5, 0.6) is 11.5 Å². The number of benzene rings is 2. The molecular formula is C21H22BrClFN5O4. The Morgan fingerprint density at radius 3 is 2.79 bits per heavy atom. The van der Waals surface area contributed by atoms with E-state index in [0.29, 0.717) is 47.2 Å². The van der Waals surface area contributed by atoms with E-state index < -0.39 is 11.7 Å². The van der Waals surface area contributed by atoms with Crippen LogP contribution in [0, 0.1) is 5.82 Å². The number of rotatable bonds is 11. The smallest absolute Gasteiger partial charge is 0.277 e. The molecule has 0 fully saturated rings. The fourth-order valence-electron chi connectivity index (χ4n) is 2.87. The Morgan fingerprint density at radius 2 is 2.09 bits per heavy atom. The fourth-order valence-corrected chi connectivity index (χ4v) is 3.70. The topological polar surface area (TPSA) is 125 Å². The second kappa shape index (κ2) is 11.8. The zero-order valence-corrected chi connectivity index (χ0v) is 20.0. The quantitative estimate of drug-likeness (QED) is 0.313. The molecule has 0 spiro atoms. The van der Waals surface area contributed by atoms with Crippen LogP contribution in [0.3, 0.4) is 0 Å². The van der Waals surface area contributed by atoms with Gasteiger partial charge in [-0.05, 0) is 63.0 Å². The number of anilines is 1. The van der Waals surface area contributed by atoms with Crippen LogP contribution < -0.4 is 25.8 Å². The first kappa shape index (κ1) is 24.7. The number of ether oxygens (including phenoxy) is 2.